The number of carbonyl (C=O) groups is 1. The molecule has 0 spiro atoms. The molecule has 0 aliphatic carbocycles. The number of piperidine rings is 1. The van der Waals surface area contributed by atoms with E-state index in [2.05, 4.69) is 20.4 Å². The van der Waals surface area contributed by atoms with Crippen molar-refractivity contribution in [2.24, 2.45) is 0 Å². The highest BCUT2D eigenvalue weighted by Crippen LogP contribution is 2.31. The first kappa shape index (κ1) is 23.4. The van der Waals surface area contributed by atoms with E-state index in [4.69, 9.17) is 5.26 Å². The summed E-state index contributed by atoms with van der Waals surface area (Å²) < 4.78 is 17.5. The largest absolute Gasteiger partial charge is 0.392 e. The highest BCUT2D eigenvalue weighted by molar-refractivity contribution is 5.79. The molecule has 2 N–H and O–H groups in total. The number of nitrogens with one attached hydrogen (secondary N) is 1. The topological polar surface area (TPSA) is 119 Å². The minimum atomic E-state index is -0.604. The second-order valence-corrected chi connectivity index (χ2v) is 8.66. The predicted molar refractivity (Wildman–Crippen MR) is 131 cm³/mol. The molecule has 0 unspecified atom stereocenters. The molecule has 182 valence electrons. The molecule has 1 aromatic carbocycles. The van der Waals surface area contributed by atoms with E-state index in [9.17, 15) is 9.90 Å². The Hall–Kier alpha value is -4.36. The van der Waals surface area contributed by atoms with Crippen LogP contribution in [0.3, 0.4) is 0 Å². The summed E-state index contributed by atoms with van der Waals surface area (Å²) in [4.78, 5) is 23.0. The quantitative estimate of drug-likeness (QED) is 0.430. The number of halogens is 1. The Kier molecular flexibility index (Phi) is 6.56. The van der Waals surface area contributed by atoms with Crippen LogP contribution < -0.4 is 5.32 Å². The van der Waals surface area contributed by atoms with Crippen molar-refractivity contribution in [1.82, 2.24) is 24.5 Å². The number of pyridine rings is 1. The smallest absolute Gasteiger partial charge is 0.236 e. The average molecular weight is 486 g/mol. The van der Waals surface area contributed by atoms with Crippen LogP contribution in [0.2, 0.25) is 0 Å². The van der Waals surface area contributed by atoms with Crippen molar-refractivity contribution in [2.45, 2.75) is 31.9 Å². The monoisotopic (exact) mass is 485 g/mol. The maximum atomic E-state index is 15.8. The highest BCUT2D eigenvalue weighted by Gasteiger charge is 2.26. The number of carbonyl (C=O) groups excluding carboxylic acids is 1. The van der Waals surface area contributed by atoms with E-state index in [1.807, 2.05) is 30.5 Å². The minimum Gasteiger partial charge on any atom is -0.392 e. The van der Waals surface area contributed by atoms with Gasteiger partial charge in [-0.25, -0.2) is 18.9 Å². The summed E-state index contributed by atoms with van der Waals surface area (Å²) in [6.07, 6.45) is 4.74. The van der Waals surface area contributed by atoms with Crippen LogP contribution in [-0.2, 0) is 11.4 Å². The van der Waals surface area contributed by atoms with Crippen LogP contribution in [0, 0.1) is 17.1 Å². The number of anilines is 1. The number of aliphatic hydroxyl groups is 1. The first-order chi connectivity index (χ1) is 17.6. The molecule has 1 aliphatic heterocycles. The normalized spacial score (nSPS) is 15.6. The third-order valence-electron chi connectivity index (χ3n) is 6.27. The molecule has 5 rings (SSSR count). The van der Waals surface area contributed by atoms with E-state index in [0.717, 1.165) is 18.4 Å². The lowest BCUT2D eigenvalue weighted by atomic mass is 10.0. The number of aliphatic hydroxyl groups excluding tert-OH is 1. The summed E-state index contributed by atoms with van der Waals surface area (Å²) in [6, 6.07) is 14.2. The molecule has 1 atom stereocenters. The number of amides is 1. The van der Waals surface area contributed by atoms with E-state index >= 15 is 4.39 Å². The first-order valence-corrected chi connectivity index (χ1v) is 11.7. The van der Waals surface area contributed by atoms with E-state index in [1.54, 1.807) is 39.9 Å². The maximum absolute atomic E-state index is 15.8. The van der Waals surface area contributed by atoms with Crippen LogP contribution in [0.15, 0.2) is 54.9 Å². The SMILES string of the molecule is N#CCC(=O)N1CCC[C@@H](Nc2nc(-c3cnn4ccccc34)nc(-c3ccc(CO)cc3)c2F)C1. The average Bonchev–Trinajstić information content (AvgIpc) is 3.34. The molecule has 4 aromatic rings. The number of aromatic nitrogens is 4. The number of nitrogens with zero attached hydrogens (tertiary/aromatic N) is 6. The molecule has 10 heteroatoms. The highest BCUT2D eigenvalue weighted by atomic mass is 19.1. The van der Waals surface area contributed by atoms with Crippen molar-refractivity contribution in [1.29, 1.82) is 5.26 Å². The van der Waals surface area contributed by atoms with Crippen LogP contribution in [0.5, 0.6) is 0 Å². The standard InChI is InChI=1S/C26H24FN7O2/c27-23-24(18-8-6-17(16-35)7-9-18)31-25(20-14-29-34-13-2-1-5-21(20)34)32-26(23)30-19-4-3-12-33(15-19)22(36)10-11-28/h1-2,5-9,13-14,19,35H,3-4,10,12,15-16H2,(H,30,31,32)/t19-/m1/s1. The molecule has 36 heavy (non-hydrogen) atoms. The van der Waals surface area contributed by atoms with Gasteiger partial charge in [0, 0.05) is 30.9 Å². The van der Waals surface area contributed by atoms with Gasteiger partial charge in [-0.15, -0.1) is 0 Å². The number of rotatable bonds is 6. The zero-order chi connectivity index (χ0) is 25.1. The van der Waals surface area contributed by atoms with E-state index in [0.29, 0.717) is 35.6 Å². The second kappa shape index (κ2) is 10.1. The summed E-state index contributed by atoms with van der Waals surface area (Å²) in [6.45, 7) is 0.813. The van der Waals surface area contributed by atoms with E-state index in [-0.39, 0.29) is 36.5 Å². The molecule has 0 saturated carbocycles. The fourth-order valence-electron chi connectivity index (χ4n) is 4.42. The lowest BCUT2D eigenvalue weighted by molar-refractivity contribution is -0.131. The zero-order valence-corrected chi connectivity index (χ0v) is 19.4. The molecule has 1 amide bonds. The van der Waals surface area contributed by atoms with Crippen molar-refractivity contribution < 1.29 is 14.3 Å². The third kappa shape index (κ3) is 4.61. The van der Waals surface area contributed by atoms with Crippen molar-refractivity contribution >= 4 is 17.2 Å². The van der Waals surface area contributed by atoms with Crippen molar-refractivity contribution in [3.05, 3.63) is 66.2 Å². The van der Waals surface area contributed by atoms with Gasteiger partial charge >= 0.3 is 0 Å². The van der Waals surface area contributed by atoms with Gasteiger partial charge < -0.3 is 15.3 Å². The Morgan fingerprint density at radius 2 is 2.06 bits per heavy atom. The van der Waals surface area contributed by atoms with Crippen LogP contribution in [0.1, 0.15) is 24.8 Å². The predicted octanol–water partition coefficient (Wildman–Crippen LogP) is 3.41. The van der Waals surface area contributed by atoms with E-state index in [1.165, 1.54) is 0 Å². The molecule has 3 aromatic heterocycles. The van der Waals surface area contributed by atoms with Crippen LogP contribution in [-0.4, -0.2) is 54.6 Å². The fourth-order valence-corrected chi connectivity index (χ4v) is 4.42. The molecule has 9 nitrogen and oxygen atoms in total. The number of benzene rings is 1. The van der Waals surface area contributed by atoms with Gasteiger partial charge in [0.05, 0.1) is 30.0 Å². The van der Waals surface area contributed by atoms with Gasteiger partial charge in [-0.05, 0) is 30.5 Å². The Morgan fingerprint density at radius 3 is 2.83 bits per heavy atom. The van der Waals surface area contributed by atoms with Crippen LogP contribution >= 0.6 is 0 Å². The maximum Gasteiger partial charge on any atom is 0.236 e. The van der Waals surface area contributed by atoms with Gasteiger partial charge in [0.2, 0.25) is 5.91 Å². The Bertz CT molecular complexity index is 1450. The molecule has 0 bridgehead atoms. The second-order valence-electron chi connectivity index (χ2n) is 8.66. The van der Waals surface area contributed by atoms with Crippen LogP contribution in [0.25, 0.3) is 28.2 Å². The molecular weight excluding hydrogens is 461 g/mol. The Labute approximate surface area is 206 Å². The number of fused-ring (bicyclic) bond motifs is 1. The summed E-state index contributed by atoms with van der Waals surface area (Å²) in [5.74, 6) is -0.484. The van der Waals surface area contributed by atoms with Gasteiger partial charge in [0.15, 0.2) is 17.5 Å². The van der Waals surface area contributed by atoms with Gasteiger partial charge in [-0.1, -0.05) is 30.3 Å². The van der Waals surface area contributed by atoms with Crippen LogP contribution in [0.4, 0.5) is 10.2 Å². The van der Waals surface area contributed by atoms with Crippen molar-refractivity contribution in [3.8, 4) is 28.7 Å². The number of likely N-dealkylation sites (tertiary alicyclic amines) is 1. The van der Waals surface area contributed by atoms with Crippen molar-refractivity contribution in [3.63, 3.8) is 0 Å². The Morgan fingerprint density at radius 1 is 1.22 bits per heavy atom. The first-order valence-electron chi connectivity index (χ1n) is 11.7. The molecule has 1 saturated heterocycles. The molecule has 0 radical (unpaired) electrons. The van der Waals surface area contributed by atoms with Gasteiger partial charge in [0.25, 0.3) is 0 Å². The summed E-state index contributed by atoms with van der Waals surface area (Å²) in [5.41, 5.74) is 2.81. The van der Waals surface area contributed by atoms with E-state index < -0.39 is 5.82 Å². The summed E-state index contributed by atoms with van der Waals surface area (Å²) in [5, 5.41) is 25.8. The van der Waals surface area contributed by atoms with Gasteiger partial charge in [-0.2, -0.15) is 10.4 Å². The molecule has 1 aliphatic rings. The zero-order valence-electron chi connectivity index (χ0n) is 19.4. The summed E-state index contributed by atoms with van der Waals surface area (Å²) in [7, 11) is 0. The minimum absolute atomic E-state index is 0.0381. The molecular formula is C26H24FN7O2. The Balaban J connectivity index is 1.55. The third-order valence-corrected chi connectivity index (χ3v) is 6.27. The molecule has 4 heterocycles. The molecule has 1 fully saturated rings. The van der Waals surface area contributed by atoms with Crippen molar-refractivity contribution in [2.75, 3.05) is 18.4 Å². The number of hydrogen-bond acceptors (Lipinski definition) is 7. The summed E-state index contributed by atoms with van der Waals surface area (Å²) >= 11 is 0. The number of nitriles is 1. The lowest BCUT2D eigenvalue weighted by Gasteiger charge is -2.33. The van der Waals surface area contributed by atoms with Gasteiger partial charge in [0.1, 0.15) is 12.1 Å². The van der Waals surface area contributed by atoms with Gasteiger partial charge in [-0.3, -0.25) is 4.79 Å². The number of hydrogen-bond donors (Lipinski definition) is 2. The fraction of sp³-hybridized carbons (Fsp3) is 0.269. The lowest BCUT2D eigenvalue weighted by Crippen LogP contribution is -2.45.